The predicted octanol–water partition coefficient (Wildman–Crippen LogP) is 5.23. The lowest BCUT2D eigenvalue weighted by Gasteiger charge is -2.28. The number of hydrogen-bond acceptors (Lipinski definition) is 4. The van der Waals surface area contributed by atoms with E-state index < -0.39 is 12.0 Å². The van der Waals surface area contributed by atoms with Gasteiger partial charge >= 0.3 is 5.97 Å². The van der Waals surface area contributed by atoms with Crippen LogP contribution in [0, 0.1) is 26.7 Å². The van der Waals surface area contributed by atoms with Crippen molar-refractivity contribution < 1.29 is 9.90 Å². The Bertz CT molecular complexity index is 1180. The van der Waals surface area contributed by atoms with Crippen LogP contribution in [0.4, 0.5) is 0 Å². The standard InChI is InChI=1S/C28H35N3O3/c1-6-19(3)25(31-11-10-18(2)12-26(31)32)17-30-24(14-27(33)34)22-13-23(16-29-15-22)28-20(4)8-7-9-21(28)5/h7-13,15-16,19,24-25,30H,6,14,17H2,1-5H3,(H,33,34)/t19?,24-,25?/m0/s1. The maximum atomic E-state index is 12.7. The maximum Gasteiger partial charge on any atom is 0.305 e. The summed E-state index contributed by atoms with van der Waals surface area (Å²) in [7, 11) is 0. The second-order valence-corrected chi connectivity index (χ2v) is 9.23. The van der Waals surface area contributed by atoms with Gasteiger partial charge in [0.2, 0.25) is 0 Å². The van der Waals surface area contributed by atoms with Crippen molar-refractivity contribution in [2.45, 2.75) is 59.5 Å². The van der Waals surface area contributed by atoms with Crippen molar-refractivity contribution in [3.05, 3.63) is 87.6 Å². The number of pyridine rings is 2. The molecular weight excluding hydrogens is 426 g/mol. The molecular formula is C28H35N3O3. The monoisotopic (exact) mass is 461 g/mol. The topological polar surface area (TPSA) is 84.2 Å². The molecule has 3 rings (SSSR count). The molecule has 0 saturated heterocycles. The molecule has 2 unspecified atom stereocenters. The third-order valence-corrected chi connectivity index (χ3v) is 6.65. The minimum atomic E-state index is -0.887. The van der Waals surface area contributed by atoms with Crippen molar-refractivity contribution in [2.24, 2.45) is 5.92 Å². The molecule has 0 aliphatic carbocycles. The molecule has 34 heavy (non-hydrogen) atoms. The van der Waals surface area contributed by atoms with Crippen molar-refractivity contribution in [1.82, 2.24) is 14.9 Å². The Hall–Kier alpha value is -3.25. The van der Waals surface area contributed by atoms with Crippen LogP contribution in [0.15, 0.2) is 59.8 Å². The Morgan fingerprint density at radius 3 is 2.44 bits per heavy atom. The maximum absolute atomic E-state index is 12.7. The zero-order valence-corrected chi connectivity index (χ0v) is 20.7. The Labute approximate surface area is 201 Å². The number of nitrogens with one attached hydrogen (secondary N) is 1. The first-order chi connectivity index (χ1) is 16.2. The molecule has 0 radical (unpaired) electrons. The van der Waals surface area contributed by atoms with Crippen LogP contribution in [0.3, 0.4) is 0 Å². The second kappa shape index (κ2) is 11.3. The largest absolute Gasteiger partial charge is 0.481 e. The van der Waals surface area contributed by atoms with E-state index in [9.17, 15) is 14.7 Å². The molecule has 3 atom stereocenters. The van der Waals surface area contributed by atoms with Gasteiger partial charge in [0.1, 0.15) is 0 Å². The van der Waals surface area contributed by atoms with Crippen molar-refractivity contribution in [2.75, 3.05) is 6.54 Å². The van der Waals surface area contributed by atoms with Gasteiger partial charge in [-0.05, 0) is 66.6 Å². The molecule has 2 N–H and O–H groups in total. The van der Waals surface area contributed by atoms with Crippen molar-refractivity contribution in [1.29, 1.82) is 0 Å². The summed E-state index contributed by atoms with van der Waals surface area (Å²) in [4.78, 5) is 28.9. The number of benzene rings is 1. The summed E-state index contributed by atoms with van der Waals surface area (Å²) >= 11 is 0. The third-order valence-electron chi connectivity index (χ3n) is 6.65. The van der Waals surface area contributed by atoms with E-state index >= 15 is 0 Å². The number of carboxylic acids is 1. The van der Waals surface area contributed by atoms with Gasteiger partial charge in [0, 0.05) is 42.8 Å². The number of hydrogen-bond donors (Lipinski definition) is 2. The molecule has 2 heterocycles. The minimum Gasteiger partial charge on any atom is -0.481 e. The molecule has 0 saturated carbocycles. The van der Waals surface area contributed by atoms with Gasteiger partial charge in [-0.3, -0.25) is 14.6 Å². The second-order valence-electron chi connectivity index (χ2n) is 9.23. The van der Waals surface area contributed by atoms with Crippen molar-refractivity contribution in [3.63, 3.8) is 0 Å². The molecule has 0 aliphatic heterocycles. The number of nitrogens with zero attached hydrogens (tertiary/aromatic N) is 2. The zero-order chi connectivity index (χ0) is 24.8. The van der Waals surface area contributed by atoms with E-state index in [2.05, 4.69) is 50.1 Å². The number of aryl methyl sites for hydroxylation is 3. The third kappa shape index (κ3) is 6.00. The Balaban J connectivity index is 1.93. The Morgan fingerprint density at radius 2 is 1.82 bits per heavy atom. The quantitative estimate of drug-likeness (QED) is 0.432. The molecule has 0 bridgehead atoms. The highest BCUT2D eigenvalue weighted by Gasteiger charge is 2.23. The van der Waals surface area contributed by atoms with Crippen LogP contribution in [0.5, 0.6) is 0 Å². The summed E-state index contributed by atoms with van der Waals surface area (Å²) in [5, 5.41) is 13.1. The first-order valence-electron chi connectivity index (χ1n) is 11.9. The number of carboxylic acid groups (broad SMARTS) is 1. The van der Waals surface area contributed by atoms with Crippen LogP contribution in [0.2, 0.25) is 0 Å². The molecule has 2 aromatic heterocycles. The number of aliphatic carboxylic acids is 1. The fourth-order valence-electron chi connectivity index (χ4n) is 4.51. The lowest BCUT2D eigenvalue weighted by atomic mass is 9.94. The van der Waals surface area contributed by atoms with Gasteiger partial charge in [0.25, 0.3) is 5.56 Å². The van der Waals surface area contributed by atoms with Gasteiger partial charge in [-0.15, -0.1) is 0 Å². The highest BCUT2D eigenvalue weighted by Crippen LogP contribution is 2.29. The van der Waals surface area contributed by atoms with Crippen LogP contribution >= 0.6 is 0 Å². The highest BCUT2D eigenvalue weighted by molar-refractivity contribution is 5.71. The van der Waals surface area contributed by atoms with E-state index in [0.29, 0.717) is 6.54 Å². The molecule has 6 heteroatoms. The van der Waals surface area contributed by atoms with Crippen LogP contribution in [-0.2, 0) is 4.79 Å². The Kier molecular flexibility index (Phi) is 8.40. The van der Waals surface area contributed by atoms with Crippen molar-refractivity contribution >= 4 is 5.97 Å². The molecule has 180 valence electrons. The summed E-state index contributed by atoms with van der Waals surface area (Å²) in [5.74, 6) is -0.653. The summed E-state index contributed by atoms with van der Waals surface area (Å²) < 4.78 is 1.76. The molecule has 0 fully saturated rings. The summed E-state index contributed by atoms with van der Waals surface area (Å²) in [6.07, 6.45) is 6.22. The average Bonchev–Trinajstić information content (AvgIpc) is 2.79. The van der Waals surface area contributed by atoms with Gasteiger partial charge in [-0.2, -0.15) is 0 Å². The van der Waals surface area contributed by atoms with Crippen LogP contribution < -0.4 is 10.9 Å². The summed E-state index contributed by atoms with van der Waals surface area (Å²) in [6, 6.07) is 11.2. The molecule has 1 aromatic carbocycles. The van der Waals surface area contributed by atoms with Gasteiger partial charge in [0.05, 0.1) is 12.5 Å². The van der Waals surface area contributed by atoms with E-state index in [1.54, 1.807) is 16.8 Å². The number of rotatable bonds is 10. The van der Waals surface area contributed by atoms with E-state index in [0.717, 1.165) is 39.8 Å². The first kappa shape index (κ1) is 25.4. The summed E-state index contributed by atoms with van der Waals surface area (Å²) in [5.41, 5.74) is 6.10. The highest BCUT2D eigenvalue weighted by atomic mass is 16.4. The fraction of sp³-hybridized carbons (Fsp3) is 0.393. The molecule has 0 spiro atoms. The molecule has 3 aromatic rings. The van der Waals surface area contributed by atoms with Crippen LogP contribution in [-0.4, -0.2) is 27.2 Å². The van der Waals surface area contributed by atoms with Crippen LogP contribution in [0.25, 0.3) is 11.1 Å². The summed E-state index contributed by atoms with van der Waals surface area (Å²) in [6.45, 7) is 10.7. The van der Waals surface area contributed by atoms with Gasteiger partial charge < -0.3 is 15.0 Å². The lowest BCUT2D eigenvalue weighted by molar-refractivity contribution is -0.137. The van der Waals surface area contributed by atoms with E-state index in [4.69, 9.17) is 0 Å². The zero-order valence-electron chi connectivity index (χ0n) is 20.7. The normalized spacial score (nSPS) is 13.9. The van der Waals surface area contributed by atoms with Gasteiger partial charge in [-0.1, -0.05) is 38.5 Å². The number of carbonyl (C=O) groups is 1. The van der Waals surface area contributed by atoms with Crippen LogP contribution in [0.1, 0.15) is 61.0 Å². The SMILES string of the molecule is CCC(C)C(CN[C@@H](CC(=O)O)c1cncc(-c2c(C)cccc2C)c1)n1ccc(C)cc1=O. The van der Waals surface area contributed by atoms with Gasteiger partial charge in [-0.25, -0.2) is 0 Å². The lowest BCUT2D eigenvalue weighted by Crippen LogP contribution is -2.37. The first-order valence-corrected chi connectivity index (χ1v) is 11.9. The van der Waals surface area contributed by atoms with Gasteiger partial charge in [0.15, 0.2) is 0 Å². The molecule has 0 aliphatic rings. The predicted molar refractivity (Wildman–Crippen MR) is 136 cm³/mol. The smallest absolute Gasteiger partial charge is 0.305 e. The number of aromatic nitrogens is 2. The fourth-order valence-corrected chi connectivity index (χ4v) is 4.51. The molecule has 6 nitrogen and oxygen atoms in total. The minimum absolute atomic E-state index is 0.0411. The van der Waals surface area contributed by atoms with E-state index in [1.807, 2.05) is 37.5 Å². The average molecular weight is 462 g/mol. The van der Waals surface area contributed by atoms with E-state index in [1.165, 1.54) is 0 Å². The molecule has 0 amide bonds. The van der Waals surface area contributed by atoms with Crippen molar-refractivity contribution in [3.8, 4) is 11.1 Å². The van der Waals surface area contributed by atoms with E-state index in [-0.39, 0.29) is 23.9 Å². The Morgan fingerprint density at radius 1 is 1.12 bits per heavy atom.